The molecule has 21 heavy (non-hydrogen) atoms. The minimum atomic E-state index is -0.234. The summed E-state index contributed by atoms with van der Waals surface area (Å²) in [6.07, 6.45) is 10.3. The Labute approximate surface area is 129 Å². The van der Waals surface area contributed by atoms with Gasteiger partial charge in [-0.15, -0.1) is 0 Å². The van der Waals surface area contributed by atoms with Crippen molar-refractivity contribution in [2.24, 2.45) is 0 Å². The van der Waals surface area contributed by atoms with Gasteiger partial charge in [-0.25, -0.2) is 4.79 Å². The molecule has 0 fully saturated rings. The van der Waals surface area contributed by atoms with Gasteiger partial charge in [0.2, 0.25) is 0 Å². The van der Waals surface area contributed by atoms with Crippen LogP contribution in [0.15, 0.2) is 42.0 Å². The minimum absolute atomic E-state index is 0.234. The molecule has 0 unspecified atom stereocenters. The van der Waals surface area contributed by atoms with Crippen LogP contribution in [0.3, 0.4) is 0 Å². The molecule has 0 aliphatic heterocycles. The molecule has 0 amide bonds. The number of unbranched alkanes of at least 4 members (excludes halogenated alkanes) is 5. The zero-order valence-electron chi connectivity index (χ0n) is 13.4. The van der Waals surface area contributed by atoms with E-state index in [9.17, 15) is 4.79 Å². The third-order valence-corrected chi connectivity index (χ3v) is 3.51. The van der Waals surface area contributed by atoms with Crippen LogP contribution in [0.2, 0.25) is 0 Å². The number of esters is 1. The zero-order valence-corrected chi connectivity index (χ0v) is 13.4. The predicted molar refractivity (Wildman–Crippen MR) is 88.0 cm³/mol. The topological polar surface area (TPSA) is 26.3 Å². The standard InChI is InChI=1S/C19H28O2/c1-3-4-5-6-7-9-12-17(2)15-19(20)21-16-18-13-10-8-11-14-18/h8,10-11,13-15H,3-7,9,12,16H2,1-2H3. The zero-order chi connectivity index (χ0) is 15.3. The van der Waals surface area contributed by atoms with Gasteiger partial charge in [-0.1, -0.05) is 74.9 Å². The van der Waals surface area contributed by atoms with E-state index >= 15 is 0 Å². The lowest BCUT2D eigenvalue weighted by molar-refractivity contribution is -0.139. The molecule has 0 heterocycles. The Morgan fingerprint density at radius 3 is 2.43 bits per heavy atom. The highest BCUT2D eigenvalue weighted by atomic mass is 16.5. The van der Waals surface area contributed by atoms with E-state index in [1.54, 1.807) is 6.08 Å². The minimum Gasteiger partial charge on any atom is -0.458 e. The van der Waals surface area contributed by atoms with Gasteiger partial charge in [0.1, 0.15) is 6.61 Å². The Bertz CT molecular complexity index is 420. The van der Waals surface area contributed by atoms with Crippen molar-refractivity contribution < 1.29 is 9.53 Å². The average Bonchev–Trinajstić information content (AvgIpc) is 2.50. The predicted octanol–water partition coefficient (Wildman–Crippen LogP) is 5.43. The Kier molecular flexibility index (Phi) is 9.26. The second kappa shape index (κ2) is 11.1. The van der Waals surface area contributed by atoms with Crippen LogP contribution in [-0.2, 0) is 16.1 Å². The molecule has 0 bridgehead atoms. The number of carbonyl (C=O) groups is 1. The van der Waals surface area contributed by atoms with Crippen LogP contribution in [0.5, 0.6) is 0 Å². The van der Waals surface area contributed by atoms with Crippen LogP contribution in [0.4, 0.5) is 0 Å². The van der Waals surface area contributed by atoms with Gasteiger partial charge in [-0.05, 0) is 25.3 Å². The highest BCUT2D eigenvalue weighted by molar-refractivity contribution is 5.82. The van der Waals surface area contributed by atoms with Gasteiger partial charge < -0.3 is 4.74 Å². The fraction of sp³-hybridized carbons (Fsp3) is 0.526. The van der Waals surface area contributed by atoms with E-state index in [0.29, 0.717) is 6.61 Å². The molecule has 2 heteroatoms. The van der Waals surface area contributed by atoms with Crippen LogP contribution in [-0.4, -0.2) is 5.97 Å². The number of hydrogen-bond donors (Lipinski definition) is 0. The second-order valence-electron chi connectivity index (χ2n) is 5.60. The number of rotatable bonds is 10. The molecule has 1 rings (SSSR count). The molecule has 0 saturated heterocycles. The van der Waals surface area contributed by atoms with Crippen LogP contribution < -0.4 is 0 Å². The second-order valence-corrected chi connectivity index (χ2v) is 5.60. The smallest absolute Gasteiger partial charge is 0.331 e. The van der Waals surface area contributed by atoms with E-state index in [1.165, 1.54) is 32.1 Å². The molecule has 0 spiro atoms. The van der Waals surface area contributed by atoms with Crippen molar-refractivity contribution in [3.63, 3.8) is 0 Å². The molecular formula is C19H28O2. The molecule has 0 aromatic heterocycles. The maximum Gasteiger partial charge on any atom is 0.331 e. The lowest BCUT2D eigenvalue weighted by atomic mass is 10.1. The molecule has 0 saturated carbocycles. The van der Waals surface area contributed by atoms with Crippen LogP contribution in [0.25, 0.3) is 0 Å². The maximum absolute atomic E-state index is 11.7. The van der Waals surface area contributed by atoms with Gasteiger partial charge >= 0.3 is 5.97 Å². The highest BCUT2D eigenvalue weighted by Gasteiger charge is 2.01. The molecule has 1 aromatic carbocycles. The fourth-order valence-electron chi connectivity index (χ4n) is 2.23. The third kappa shape index (κ3) is 9.06. The Balaban J connectivity index is 2.16. The average molecular weight is 288 g/mol. The van der Waals surface area contributed by atoms with Crippen molar-refractivity contribution in [2.45, 2.75) is 65.4 Å². The van der Waals surface area contributed by atoms with Crippen LogP contribution in [0.1, 0.15) is 64.4 Å². The third-order valence-electron chi connectivity index (χ3n) is 3.51. The molecular weight excluding hydrogens is 260 g/mol. The summed E-state index contributed by atoms with van der Waals surface area (Å²) in [5.74, 6) is -0.234. The molecule has 2 nitrogen and oxygen atoms in total. The largest absolute Gasteiger partial charge is 0.458 e. The van der Waals surface area contributed by atoms with Crippen LogP contribution >= 0.6 is 0 Å². The van der Waals surface area contributed by atoms with Gasteiger partial charge in [0, 0.05) is 6.08 Å². The van der Waals surface area contributed by atoms with Crippen molar-refractivity contribution >= 4 is 5.97 Å². The summed E-state index contributed by atoms with van der Waals surface area (Å²) in [7, 11) is 0. The Morgan fingerprint density at radius 2 is 1.71 bits per heavy atom. The monoisotopic (exact) mass is 288 g/mol. The van der Waals surface area contributed by atoms with Gasteiger partial charge in [-0.3, -0.25) is 0 Å². The lowest BCUT2D eigenvalue weighted by Crippen LogP contribution is -2.01. The van der Waals surface area contributed by atoms with Gasteiger partial charge in [-0.2, -0.15) is 0 Å². The first-order valence-electron chi connectivity index (χ1n) is 8.10. The summed E-state index contributed by atoms with van der Waals surface area (Å²) in [4.78, 5) is 11.7. The quantitative estimate of drug-likeness (QED) is 0.326. The molecule has 1 aromatic rings. The number of ether oxygens (including phenoxy) is 1. The van der Waals surface area contributed by atoms with E-state index in [4.69, 9.17) is 4.74 Å². The normalized spacial score (nSPS) is 11.4. The molecule has 116 valence electrons. The number of carbonyl (C=O) groups excluding carboxylic acids is 1. The molecule has 0 radical (unpaired) electrons. The number of allylic oxidation sites excluding steroid dienone is 1. The Hall–Kier alpha value is -1.57. The Morgan fingerprint density at radius 1 is 1.05 bits per heavy atom. The van der Waals surface area contributed by atoms with Crippen molar-refractivity contribution in [3.8, 4) is 0 Å². The molecule has 0 aliphatic rings. The summed E-state index contributed by atoms with van der Waals surface area (Å²) in [5.41, 5.74) is 2.14. The summed E-state index contributed by atoms with van der Waals surface area (Å²) in [6, 6.07) is 9.77. The first kappa shape index (κ1) is 17.5. The van der Waals surface area contributed by atoms with E-state index in [-0.39, 0.29) is 5.97 Å². The number of hydrogen-bond acceptors (Lipinski definition) is 2. The summed E-state index contributed by atoms with van der Waals surface area (Å²) in [6.45, 7) is 4.59. The van der Waals surface area contributed by atoms with Gasteiger partial charge in [0.25, 0.3) is 0 Å². The van der Waals surface area contributed by atoms with E-state index in [2.05, 4.69) is 6.92 Å². The first-order chi connectivity index (χ1) is 10.2. The van der Waals surface area contributed by atoms with E-state index in [0.717, 1.165) is 24.0 Å². The lowest BCUT2D eigenvalue weighted by Gasteiger charge is -2.04. The highest BCUT2D eigenvalue weighted by Crippen LogP contribution is 2.11. The van der Waals surface area contributed by atoms with E-state index in [1.807, 2.05) is 37.3 Å². The molecule has 0 aliphatic carbocycles. The molecule has 0 N–H and O–H groups in total. The SMILES string of the molecule is CCCCCCCCC(C)=CC(=O)OCc1ccccc1. The molecule has 0 atom stereocenters. The summed E-state index contributed by atoms with van der Waals surface area (Å²) in [5, 5.41) is 0. The van der Waals surface area contributed by atoms with Crippen LogP contribution in [0, 0.1) is 0 Å². The van der Waals surface area contributed by atoms with Gasteiger partial charge in [0.05, 0.1) is 0 Å². The van der Waals surface area contributed by atoms with Crippen molar-refractivity contribution in [2.75, 3.05) is 0 Å². The van der Waals surface area contributed by atoms with Gasteiger partial charge in [0.15, 0.2) is 0 Å². The summed E-state index contributed by atoms with van der Waals surface area (Å²) >= 11 is 0. The summed E-state index contributed by atoms with van der Waals surface area (Å²) < 4.78 is 5.24. The fourth-order valence-corrected chi connectivity index (χ4v) is 2.23. The first-order valence-corrected chi connectivity index (χ1v) is 8.10. The van der Waals surface area contributed by atoms with Crippen molar-refractivity contribution in [1.29, 1.82) is 0 Å². The number of benzene rings is 1. The maximum atomic E-state index is 11.7. The van der Waals surface area contributed by atoms with E-state index < -0.39 is 0 Å². The van der Waals surface area contributed by atoms with Crippen molar-refractivity contribution in [3.05, 3.63) is 47.5 Å². The van der Waals surface area contributed by atoms with Crippen molar-refractivity contribution in [1.82, 2.24) is 0 Å².